The lowest BCUT2D eigenvalue weighted by molar-refractivity contribution is 0.107. The van der Waals surface area contributed by atoms with Crippen molar-refractivity contribution < 1.29 is 13.6 Å². The summed E-state index contributed by atoms with van der Waals surface area (Å²) in [7, 11) is 0. The van der Waals surface area contributed by atoms with Crippen molar-refractivity contribution in [3.05, 3.63) is 28.0 Å². The van der Waals surface area contributed by atoms with Gasteiger partial charge in [0.1, 0.15) is 5.69 Å². The highest BCUT2D eigenvalue weighted by Crippen LogP contribution is 2.27. The van der Waals surface area contributed by atoms with Crippen molar-refractivity contribution in [2.45, 2.75) is 6.43 Å². The lowest BCUT2D eigenvalue weighted by Crippen LogP contribution is -1.96. The molecule has 0 radical (unpaired) electrons. The molecule has 1 rings (SSSR count). The van der Waals surface area contributed by atoms with Gasteiger partial charge in [-0.25, -0.2) is 8.78 Å². The zero-order chi connectivity index (χ0) is 10.0. The average Bonchev–Trinajstić information content (AvgIpc) is 2.03. The van der Waals surface area contributed by atoms with Crippen molar-refractivity contribution in [3.63, 3.8) is 0 Å². The van der Waals surface area contributed by atoms with Crippen LogP contribution >= 0.6 is 27.5 Å². The van der Waals surface area contributed by atoms with Crippen LogP contribution in [0, 0.1) is 0 Å². The third kappa shape index (κ3) is 2.45. The number of nitrogens with zero attached hydrogens (tertiary/aromatic N) is 1. The van der Waals surface area contributed by atoms with Crippen molar-refractivity contribution >= 4 is 32.8 Å². The summed E-state index contributed by atoms with van der Waals surface area (Å²) in [5, 5.41) is -0.776. The predicted octanol–water partition coefficient (Wildman–Crippen LogP) is 3.16. The van der Waals surface area contributed by atoms with Crippen LogP contribution in [0.5, 0.6) is 0 Å². The molecule has 0 saturated carbocycles. The first-order valence-corrected chi connectivity index (χ1v) is 4.33. The van der Waals surface area contributed by atoms with Gasteiger partial charge < -0.3 is 0 Å². The highest BCUT2D eigenvalue weighted by Gasteiger charge is 2.14. The van der Waals surface area contributed by atoms with Gasteiger partial charge in [-0.3, -0.25) is 9.78 Å². The van der Waals surface area contributed by atoms with Crippen LogP contribution < -0.4 is 0 Å². The SMILES string of the molecule is O=C(Cl)c1cc(Br)c(C(F)F)cn1. The molecule has 0 saturated heterocycles. The monoisotopic (exact) mass is 269 g/mol. The van der Waals surface area contributed by atoms with Gasteiger partial charge in [-0.1, -0.05) is 15.9 Å². The van der Waals surface area contributed by atoms with Crippen LogP contribution in [0.4, 0.5) is 8.78 Å². The molecule has 0 aliphatic carbocycles. The van der Waals surface area contributed by atoms with E-state index in [0.717, 1.165) is 12.3 Å². The molecule has 6 heteroatoms. The molecule has 0 amide bonds. The smallest absolute Gasteiger partial charge is 0.270 e. The van der Waals surface area contributed by atoms with E-state index in [-0.39, 0.29) is 15.7 Å². The Bertz CT molecular complexity index is 345. The van der Waals surface area contributed by atoms with Crippen molar-refractivity contribution in [2.75, 3.05) is 0 Å². The van der Waals surface area contributed by atoms with Gasteiger partial charge in [-0.05, 0) is 17.7 Å². The van der Waals surface area contributed by atoms with Crippen LogP contribution in [0.15, 0.2) is 16.7 Å². The van der Waals surface area contributed by atoms with Gasteiger partial charge in [0.15, 0.2) is 0 Å². The first-order chi connectivity index (χ1) is 6.02. The van der Waals surface area contributed by atoms with Gasteiger partial charge in [0.2, 0.25) is 0 Å². The van der Waals surface area contributed by atoms with Gasteiger partial charge in [0.05, 0.1) is 5.56 Å². The summed E-state index contributed by atoms with van der Waals surface area (Å²) in [6, 6.07) is 1.16. The van der Waals surface area contributed by atoms with Gasteiger partial charge in [0.25, 0.3) is 11.7 Å². The fraction of sp³-hybridized carbons (Fsp3) is 0.143. The number of pyridine rings is 1. The molecule has 0 aliphatic heterocycles. The number of hydrogen-bond donors (Lipinski definition) is 0. The van der Waals surface area contributed by atoms with Gasteiger partial charge in [0, 0.05) is 10.7 Å². The molecular formula is C7H3BrClF2NO. The Labute approximate surface area is 86.0 Å². The molecule has 1 aromatic rings. The number of rotatable bonds is 2. The third-order valence-corrected chi connectivity index (χ3v) is 2.20. The summed E-state index contributed by atoms with van der Waals surface area (Å²) < 4.78 is 24.5. The van der Waals surface area contributed by atoms with E-state index in [1.165, 1.54) is 0 Å². The summed E-state index contributed by atoms with van der Waals surface area (Å²) in [5.74, 6) is 0. The molecular weight excluding hydrogens is 267 g/mol. The number of carbonyl (C=O) groups excluding carboxylic acids is 1. The minimum Gasteiger partial charge on any atom is -0.274 e. The maximum absolute atomic E-state index is 12.2. The van der Waals surface area contributed by atoms with E-state index in [0.29, 0.717) is 0 Å². The lowest BCUT2D eigenvalue weighted by Gasteiger charge is -2.02. The normalized spacial score (nSPS) is 10.5. The standard InChI is InChI=1S/C7H3BrClF2NO/c8-4-1-5(6(9)13)12-2-3(4)7(10)11/h1-2,7H. The molecule has 1 heterocycles. The second-order valence-electron chi connectivity index (χ2n) is 2.17. The molecule has 0 bridgehead atoms. The molecule has 1 aromatic heterocycles. The Hall–Kier alpha value is -0.550. The molecule has 0 unspecified atom stereocenters. The van der Waals surface area contributed by atoms with Gasteiger partial charge in [-0.15, -0.1) is 0 Å². The minimum atomic E-state index is -2.62. The van der Waals surface area contributed by atoms with Gasteiger partial charge >= 0.3 is 0 Å². The largest absolute Gasteiger partial charge is 0.274 e. The molecule has 0 N–H and O–H groups in total. The van der Waals surface area contributed by atoms with E-state index in [1.54, 1.807) is 0 Å². The van der Waals surface area contributed by atoms with Gasteiger partial charge in [-0.2, -0.15) is 0 Å². The Kier molecular flexibility index (Phi) is 3.33. The molecule has 0 spiro atoms. The Morgan fingerprint density at radius 3 is 2.62 bits per heavy atom. The van der Waals surface area contributed by atoms with E-state index in [4.69, 9.17) is 11.6 Å². The molecule has 0 aliphatic rings. The van der Waals surface area contributed by atoms with Crippen molar-refractivity contribution in [3.8, 4) is 0 Å². The summed E-state index contributed by atoms with van der Waals surface area (Å²) in [5.41, 5.74) is -0.320. The van der Waals surface area contributed by atoms with E-state index < -0.39 is 11.7 Å². The number of alkyl halides is 2. The Balaban J connectivity index is 3.13. The van der Waals surface area contributed by atoms with Crippen LogP contribution in [-0.4, -0.2) is 10.2 Å². The number of hydrogen-bond acceptors (Lipinski definition) is 2. The number of halogens is 4. The van der Waals surface area contributed by atoms with Crippen LogP contribution in [0.25, 0.3) is 0 Å². The van der Waals surface area contributed by atoms with E-state index in [1.807, 2.05) is 0 Å². The molecule has 0 aromatic carbocycles. The zero-order valence-corrected chi connectivity index (χ0v) is 8.44. The predicted molar refractivity (Wildman–Crippen MR) is 47.1 cm³/mol. The lowest BCUT2D eigenvalue weighted by atomic mass is 10.2. The second-order valence-corrected chi connectivity index (χ2v) is 3.36. The van der Waals surface area contributed by atoms with Crippen molar-refractivity contribution in [2.24, 2.45) is 0 Å². The fourth-order valence-corrected chi connectivity index (χ4v) is 1.31. The Morgan fingerprint density at radius 2 is 2.23 bits per heavy atom. The third-order valence-electron chi connectivity index (χ3n) is 1.32. The zero-order valence-electron chi connectivity index (χ0n) is 6.10. The minimum absolute atomic E-state index is 0.0575. The first kappa shape index (κ1) is 10.5. The molecule has 13 heavy (non-hydrogen) atoms. The van der Waals surface area contributed by atoms with Crippen LogP contribution in [0.2, 0.25) is 0 Å². The quantitative estimate of drug-likeness (QED) is 0.773. The summed E-state index contributed by atoms with van der Waals surface area (Å²) in [6.07, 6.45) is -1.70. The summed E-state index contributed by atoms with van der Waals surface area (Å²) in [4.78, 5) is 14.0. The summed E-state index contributed by atoms with van der Waals surface area (Å²) >= 11 is 7.98. The highest BCUT2D eigenvalue weighted by molar-refractivity contribution is 9.10. The van der Waals surface area contributed by atoms with Crippen molar-refractivity contribution in [1.82, 2.24) is 4.98 Å². The molecule has 2 nitrogen and oxygen atoms in total. The van der Waals surface area contributed by atoms with Crippen LogP contribution in [0.3, 0.4) is 0 Å². The maximum atomic E-state index is 12.2. The Morgan fingerprint density at radius 1 is 1.62 bits per heavy atom. The fourth-order valence-electron chi connectivity index (χ4n) is 0.709. The molecule has 70 valence electrons. The van der Waals surface area contributed by atoms with E-state index in [2.05, 4.69) is 20.9 Å². The number of aromatic nitrogens is 1. The maximum Gasteiger partial charge on any atom is 0.270 e. The molecule has 0 atom stereocenters. The van der Waals surface area contributed by atoms with E-state index in [9.17, 15) is 13.6 Å². The first-order valence-electron chi connectivity index (χ1n) is 3.16. The topological polar surface area (TPSA) is 30.0 Å². The van der Waals surface area contributed by atoms with E-state index >= 15 is 0 Å². The average molecular weight is 270 g/mol. The van der Waals surface area contributed by atoms with Crippen molar-refractivity contribution in [1.29, 1.82) is 0 Å². The van der Waals surface area contributed by atoms with Crippen LogP contribution in [-0.2, 0) is 0 Å². The highest BCUT2D eigenvalue weighted by atomic mass is 79.9. The van der Waals surface area contributed by atoms with Crippen LogP contribution in [0.1, 0.15) is 22.5 Å². The number of carbonyl (C=O) groups is 1. The summed E-state index contributed by atoms with van der Waals surface area (Å²) in [6.45, 7) is 0. The molecule has 0 fully saturated rings. The second kappa shape index (κ2) is 4.11.